The number of aromatic nitrogens is 2. The van der Waals surface area contributed by atoms with Crippen LogP contribution < -0.4 is 5.73 Å². The second kappa shape index (κ2) is 4.31. The first-order valence-electron chi connectivity index (χ1n) is 6.80. The van der Waals surface area contributed by atoms with Crippen LogP contribution in [0.3, 0.4) is 0 Å². The lowest BCUT2D eigenvalue weighted by Crippen LogP contribution is -2.10. The Balaban J connectivity index is 1.84. The molecule has 0 bridgehead atoms. The monoisotopic (exact) mass is 345 g/mol. The molecule has 0 amide bonds. The predicted octanol–water partition coefficient (Wildman–Crippen LogP) is 4.13. The molecule has 4 rings (SSSR count). The lowest BCUT2D eigenvalue weighted by Gasteiger charge is -2.12. The highest BCUT2D eigenvalue weighted by Gasteiger charge is 2.48. The van der Waals surface area contributed by atoms with Gasteiger partial charge in [0.05, 0.1) is 20.9 Å². The number of nitrogens with two attached hydrogens (primary N) is 1. The van der Waals surface area contributed by atoms with Gasteiger partial charge in [-0.15, -0.1) is 0 Å². The first kappa shape index (κ1) is 12.8. The summed E-state index contributed by atoms with van der Waals surface area (Å²) in [5.74, 6) is 0.620. The molecule has 21 heavy (non-hydrogen) atoms. The summed E-state index contributed by atoms with van der Waals surface area (Å²) in [4.78, 5) is 7.94. The Bertz CT molecular complexity index is 796. The van der Waals surface area contributed by atoms with E-state index >= 15 is 0 Å². The molecule has 2 aromatic carbocycles. The van der Waals surface area contributed by atoms with Crippen LogP contribution in [0.1, 0.15) is 24.2 Å². The Labute approximate surface area is 129 Å². The minimum Gasteiger partial charge on any atom is -0.399 e. The average molecular weight is 346 g/mol. The fourth-order valence-electron chi connectivity index (χ4n) is 2.82. The number of halogens is 2. The van der Waals surface area contributed by atoms with Gasteiger partial charge in [0.1, 0.15) is 11.6 Å². The maximum absolute atomic E-state index is 13.6. The Kier molecular flexibility index (Phi) is 2.63. The topological polar surface area (TPSA) is 54.7 Å². The third-order valence-corrected chi connectivity index (χ3v) is 4.80. The van der Waals surface area contributed by atoms with Crippen molar-refractivity contribution in [1.29, 1.82) is 0 Å². The second-order valence-corrected chi connectivity index (χ2v) is 6.43. The van der Waals surface area contributed by atoms with Crippen LogP contribution in [0.4, 0.5) is 10.1 Å². The molecule has 0 spiro atoms. The van der Waals surface area contributed by atoms with E-state index in [1.165, 1.54) is 11.6 Å². The molecule has 1 aromatic heterocycles. The van der Waals surface area contributed by atoms with Crippen molar-refractivity contribution >= 4 is 32.7 Å². The highest BCUT2D eigenvalue weighted by Crippen LogP contribution is 2.52. The zero-order chi connectivity index (χ0) is 14.6. The molecule has 0 saturated heterocycles. The van der Waals surface area contributed by atoms with Crippen LogP contribution in [0, 0.1) is 5.82 Å². The fraction of sp³-hybridized carbons (Fsp3) is 0.188. The Morgan fingerprint density at radius 3 is 2.57 bits per heavy atom. The van der Waals surface area contributed by atoms with Gasteiger partial charge in [0.2, 0.25) is 0 Å². The number of hydrogen-bond donors (Lipinski definition) is 2. The van der Waals surface area contributed by atoms with Crippen LogP contribution >= 0.6 is 15.9 Å². The minimum absolute atomic E-state index is 0.0737. The van der Waals surface area contributed by atoms with Gasteiger partial charge in [-0.05, 0) is 52.5 Å². The largest absolute Gasteiger partial charge is 0.399 e. The first-order valence-corrected chi connectivity index (χ1v) is 7.59. The number of benzene rings is 2. The molecule has 3 aromatic rings. The van der Waals surface area contributed by atoms with Crippen LogP contribution in [-0.4, -0.2) is 9.97 Å². The number of nitrogen functional groups attached to an aromatic ring is 1. The number of H-pyrrole nitrogens is 1. The van der Waals surface area contributed by atoms with Crippen LogP contribution in [0.2, 0.25) is 0 Å². The highest BCUT2D eigenvalue weighted by atomic mass is 79.9. The first-order chi connectivity index (χ1) is 10.1. The van der Waals surface area contributed by atoms with Crippen molar-refractivity contribution in [3.63, 3.8) is 0 Å². The third-order valence-electron chi connectivity index (χ3n) is 4.19. The highest BCUT2D eigenvalue weighted by molar-refractivity contribution is 9.10. The van der Waals surface area contributed by atoms with E-state index in [2.05, 4.69) is 25.9 Å². The molecular formula is C16H13BrFN3. The molecule has 0 atom stereocenters. The van der Waals surface area contributed by atoms with Crippen molar-refractivity contribution in [1.82, 2.24) is 9.97 Å². The SMILES string of the molecule is Nc1ccc(C2(c3nc4cc(Br)c(F)cc4[nH]3)CC2)cc1. The Morgan fingerprint density at radius 2 is 1.90 bits per heavy atom. The number of hydrogen-bond acceptors (Lipinski definition) is 2. The summed E-state index contributed by atoms with van der Waals surface area (Å²) >= 11 is 3.20. The maximum Gasteiger partial charge on any atom is 0.139 e. The zero-order valence-electron chi connectivity index (χ0n) is 11.2. The number of nitrogens with zero attached hydrogens (tertiary/aromatic N) is 1. The van der Waals surface area contributed by atoms with Crippen LogP contribution in [-0.2, 0) is 5.41 Å². The number of aromatic amines is 1. The van der Waals surface area contributed by atoms with Gasteiger partial charge in [-0.25, -0.2) is 9.37 Å². The van der Waals surface area contributed by atoms with E-state index in [-0.39, 0.29) is 11.2 Å². The summed E-state index contributed by atoms with van der Waals surface area (Å²) in [5, 5.41) is 0. The standard InChI is InChI=1S/C16H13BrFN3/c17-11-7-13-14(8-12(11)18)21-15(20-13)16(5-6-16)9-1-3-10(19)4-2-9/h1-4,7-8H,5-6,19H2,(H,20,21). The quantitative estimate of drug-likeness (QED) is 0.686. The Morgan fingerprint density at radius 1 is 1.19 bits per heavy atom. The molecule has 1 heterocycles. The number of anilines is 1. The summed E-state index contributed by atoms with van der Waals surface area (Å²) in [6, 6.07) is 11.1. The molecule has 0 unspecified atom stereocenters. The van der Waals surface area contributed by atoms with Gasteiger partial charge < -0.3 is 10.7 Å². The maximum atomic E-state index is 13.6. The van der Waals surface area contributed by atoms with E-state index in [9.17, 15) is 4.39 Å². The van der Waals surface area contributed by atoms with E-state index in [1.54, 1.807) is 6.07 Å². The molecule has 1 aliphatic rings. The van der Waals surface area contributed by atoms with E-state index in [0.29, 0.717) is 4.47 Å². The fourth-order valence-corrected chi connectivity index (χ4v) is 3.15. The van der Waals surface area contributed by atoms with Crippen molar-refractivity contribution in [3.05, 3.63) is 58.1 Å². The number of fused-ring (bicyclic) bond motifs is 1. The zero-order valence-corrected chi connectivity index (χ0v) is 12.7. The molecule has 0 radical (unpaired) electrons. The second-order valence-electron chi connectivity index (χ2n) is 5.57. The number of rotatable bonds is 2. The van der Waals surface area contributed by atoms with Gasteiger partial charge in [0.15, 0.2) is 0 Å². The van der Waals surface area contributed by atoms with Gasteiger partial charge in [0, 0.05) is 11.8 Å². The molecule has 5 heteroatoms. The summed E-state index contributed by atoms with van der Waals surface area (Å²) in [7, 11) is 0. The van der Waals surface area contributed by atoms with E-state index in [0.717, 1.165) is 35.4 Å². The molecule has 3 N–H and O–H groups in total. The summed E-state index contributed by atoms with van der Waals surface area (Å²) in [6.07, 6.45) is 2.08. The molecule has 1 fully saturated rings. The van der Waals surface area contributed by atoms with Gasteiger partial charge >= 0.3 is 0 Å². The third kappa shape index (κ3) is 1.95. The average Bonchev–Trinajstić information content (AvgIpc) is 3.17. The van der Waals surface area contributed by atoms with Gasteiger partial charge in [-0.2, -0.15) is 0 Å². The van der Waals surface area contributed by atoms with Crippen molar-refractivity contribution in [2.45, 2.75) is 18.3 Å². The molecule has 1 saturated carbocycles. The normalized spacial score (nSPS) is 16.3. The molecule has 0 aliphatic heterocycles. The summed E-state index contributed by atoms with van der Waals surface area (Å²) in [6.45, 7) is 0. The van der Waals surface area contributed by atoms with Crippen molar-refractivity contribution < 1.29 is 4.39 Å². The lowest BCUT2D eigenvalue weighted by atomic mass is 9.95. The molecule has 106 valence electrons. The summed E-state index contributed by atoms with van der Waals surface area (Å²) < 4.78 is 14.1. The number of nitrogens with one attached hydrogen (secondary N) is 1. The predicted molar refractivity (Wildman–Crippen MR) is 84.6 cm³/mol. The summed E-state index contributed by atoms with van der Waals surface area (Å²) in [5.41, 5.74) is 9.15. The van der Waals surface area contributed by atoms with Crippen molar-refractivity contribution in [3.8, 4) is 0 Å². The van der Waals surface area contributed by atoms with Gasteiger partial charge in [0.25, 0.3) is 0 Å². The van der Waals surface area contributed by atoms with E-state index < -0.39 is 0 Å². The van der Waals surface area contributed by atoms with Crippen LogP contribution in [0.15, 0.2) is 40.9 Å². The number of imidazole rings is 1. The molecule has 1 aliphatic carbocycles. The van der Waals surface area contributed by atoms with Crippen molar-refractivity contribution in [2.24, 2.45) is 0 Å². The van der Waals surface area contributed by atoms with Crippen LogP contribution in [0.5, 0.6) is 0 Å². The Hall–Kier alpha value is -1.88. The minimum atomic E-state index is -0.282. The van der Waals surface area contributed by atoms with Crippen LogP contribution in [0.25, 0.3) is 11.0 Å². The lowest BCUT2D eigenvalue weighted by molar-refractivity contribution is 0.623. The van der Waals surface area contributed by atoms with Crippen molar-refractivity contribution in [2.75, 3.05) is 5.73 Å². The smallest absolute Gasteiger partial charge is 0.139 e. The van der Waals surface area contributed by atoms with E-state index in [1.807, 2.05) is 24.3 Å². The van der Waals surface area contributed by atoms with E-state index in [4.69, 9.17) is 5.73 Å². The van der Waals surface area contributed by atoms with Gasteiger partial charge in [-0.1, -0.05) is 12.1 Å². The molecular weight excluding hydrogens is 333 g/mol. The van der Waals surface area contributed by atoms with Gasteiger partial charge in [-0.3, -0.25) is 0 Å². The molecule has 3 nitrogen and oxygen atoms in total.